The van der Waals surface area contributed by atoms with E-state index >= 15 is 0 Å². The van der Waals surface area contributed by atoms with Crippen molar-refractivity contribution in [2.24, 2.45) is 5.14 Å². The Morgan fingerprint density at radius 1 is 1.08 bits per heavy atom. The second-order valence-electron chi connectivity index (χ2n) is 6.42. The quantitative estimate of drug-likeness (QED) is 0.776. The molecular weight excluding hydrogens is 352 g/mol. The van der Waals surface area contributed by atoms with E-state index in [1.165, 1.54) is 12.1 Å². The molecule has 2 rings (SSSR count). The third-order valence-corrected chi connectivity index (χ3v) is 4.87. The van der Waals surface area contributed by atoms with Gasteiger partial charge in [-0.2, -0.15) is 0 Å². The summed E-state index contributed by atoms with van der Waals surface area (Å²) in [5, 5.41) is 7.92. The third kappa shape index (κ3) is 5.57. The number of hydrogen-bond donors (Lipinski definition) is 2. The number of primary sulfonamides is 1. The summed E-state index contributed by atoms with van der Waals surface area (Å²) < 4.78 is 28.4. The maximum atomic E-state index is 12.1. The zero-order valence-electron chi connectivity index (χ0n) is 15.1. The molecule has 0 aliphatic rings. The van der Waals surface area contributed by atoms with E-state index in [4.69, 9.17) is 9.88 Å². The summed E-state index contributed by atoms with van der Waals surface area (Å²) >= 11 is 0. The molecule has 0 aliphatic carbocycles. The molecule has 0 radical (unpaired) electrons. The summed E-state index contributed by atoms with van der Waals surface area (Å²) in [6, 6.07) is 13.4. The Morgan fingerprint density at radius 2 is 1.73 bits per heavy atom. The smallest absolute Gasteiger partial charge is 0.258 e. The van der Waals surface area contributed by atoms with Gasteiger partial charge in [0.05, 0.1) is 10.9 Å². The predicted molar refractivity (Wildman–Crippen MR) is 100 cm³/mol. The molecular formula is C19H24N2O4S. The van der Waals surface area contributed by atoms with Gasteiger partial charge in [0, 0.05) is 0 Å². The molecule has 0 aromatic heterocycles. The average molecular weight is 376 g/mol. The van der Waals surface area contributed by atoms with Crippen LogP contribution in [0.1, 0.15) is 43.9 Å². The Bertz CT molecular complexity index is 879. The highest BCUT2D eigenvalue weighted by Crippen LogP contribution is 2.20. The molecule has 2 aromatic carbocycles. The van der Waals surface area contributed by atoms with Crippen molar-refractivity contribution < 1.29 is 17.9 Å². The molecule has 2 aromatic rings. The minimum atomic E-state index is -3.78. The van der Waals surface area contributed by atoms with Crippen molar-refractivity contribution >= 4 is 15.9 Å². The van der Waals surface area contributed by atoms with Gasteiger partial charge >= 0.3 is 0 Å². The van der Waals surface area contributed by atoms with Crippen molar-refractivity contribution in [1.29, 1.82) is 0 Å². The first-order valence-electron chi connectivity index (χ1n) is 8.31. The van der Waals surface area contributed by atoms with E-state index < -0.39 is 10.0 Å². The fraction of sp³-hybridized carbons (Fsp3) is 0.316. The van der Waals surface area contributed by atoms with Crippen LogP contribution in [0.25, 0.3) is 0 Å². The minimum Gasteiger partial charge on any atom is -0.484 e. The normalized spacial score (nSPS) is 12.7. The van der Waals surface area contributed by atoms with E-state index in [0.29, 0.717) is 17.2 Å². The van der Waals surface area contributed by atoms with Gasteiger partial charge in [-0.05, 0) is 48.2 Å². The molecule has 0 heterocycles. The highest BCUT2D eigenvalue weighted by Gasteiger charge is 2.14. The number of carbonyl (C=O) groups is 1. The number of nitrogens with two attached hydrogens (primary N) is 1. The lowest BCUT2D eigenvalue weighted by Crippen LogP contribution is -2.31. The van der Waals surface area contributed by atoms with E-state index in [-0.39, 0.29) is 23.5 Å². The lowest BCUT2D eigenvalue weighted by atomic mass is 10.0. The number of sulfonamides is 1. The Labute approximate surface area is 154 Å². The van der Waals surface area contributed by atoms with Crippen LogP contribution in [0.3, 0.4) is 0 Å². The number of benzene rings is 2. The molecule has 26 heavy (non-hydrogen) atoms. The summed E-state index contributed by atoms with van der Waals surface area (Å²) in [6.07, 6.45) is 0. The highest BCUT2D eigenvalue weighted by molar-refractivity contribution is 7.89. The third-order valence-electron chi connectivity index (χ3n) is 3.96. The second kappa shape index (κ2) is 8.33. The molecule has 6 nitrogen and oxygen atoms in total. The van der Waals surface area contributed by atoms with Gasteiger partial charge in [-0.3, -0.25) is 4.79 Å². The average Bonchev–Trinajstić information content (AvgIpc) is 2.59. The van der Waals surface area contributed by atoms with Crippen LogP contribution < -0.4 is 15.2 Å². The Hall–Kier alpha value is -2.38. The van der Waals surface area contributed by atoms with Crippen LogP contribution in [-0.2, 0) is 14.8 Å². The standard InChI is InChI=1S/C19H24N2O4S/c1-13(2)15-6-4-8-17(10-15)25-12-19(22)21-14(3)16-7-5-9-18(11-16)26(20,23)24/h4-11,13-14H,12H2,1-3H3,(H,21,22)(H2,20,23,24). The topological polar surface area (TPSA) is 98.5 Å². The van der Waals surface area contributed by atoms with Gasteiger partial charge in [-0.15, -0.1) is 0 Å². The van der Waals surface area contributed by atoms with Gasteiger partial charge in [0.25, 0.3) is 5.91 Å². The highest BCUT2D eigenvalue weighted by atomic mass is 32.2. The zero-order valence-corrected chi connectivity index (χ0v) is 15.9. The van der Waals surface area contributed by atoms with Crippen LogP contribution in [0.15, 0.2) is 53.4 Å². The molecule has 0 bridgehead atoms. The Morgan fingerprint density at radius 3 is 2.38 bits per heavy atom. The van der Waals surface area contributed by atoms with E-state index in [1.54, 1.807) is 25.1 Å². The van der Waals surface area contributed by atoms with Crippen LogP contribution in [0.4, 0.5) is 0 Å². The molecule has 140 valence electrons. The molecule has 0 aliphatic heterocycles. The van der Waals surface area contributed by atoms with Gasteiger partial charge in [0.15, 0.2) is 6.61 Å². The number of ether oxygens (including phenoxy) is 1. The summed E-state index contributed by atoms with van der Waals surface area (Å²) in [5.41, 5.74) is 1.78. The molecule has 0 saturated heterocycles. The molecule has 0 saturated carbocycles. The summed E-state index contributed by atoms with van der Waals surface area (Å²) in [4.78, 5) is 12.1. The largest absolute Gasteiger partial charge is 0.484 e. The molecule has 0 fully saturated rings. The van der Waals surface area contributed by atoms with Crippen molar-refractivity contribution in [3.8, 4) is 5.75 Å². The number of carbonyl (C=O) groups excluding carboxylic acids is 1. The SMILES string of the molecule is CC(C)c1cccc(OCC(=O)NC(C)c2cccc(S(N)(=O)=O)c2)c1. The monoisotopic (exact) mass is 376 g/mol. The Kier molecular flexibility index (Phi) is 6.39. The van der Waals surface area contributed by atoms with Crippen LogP contribution in [-0.4, -0.2) is 20.9 Å². The first-order valence-corrected chi connectivity index (χ1v) is 9.86. The number of rotatable bonds is 7. The second-order valence-corrected chi connectivity index (χ2v) is 7.98. The number of amides is 1. The Balaban J connectivity index is 1.96. The van der Waals surface area contributed by atoms with Crippen molar-refractivity contribution in [3.63, 3.8) is 0 Å². The van der Waals surface area contributed by atoms with Crippen LogP contribution in [0.2, 0.25) is 0 Å². The van der Waals surface area contributed by atoms with Gasteiger partial charge in [-0.1, -0.05) is 38.1 Å². The molecule has 1 unspecified atom stereocenters. The van der Waals surface area contributed by atoms with Crippen molar-refractivity contribution in [1.82, 2.24) is 5.32 Å². The maximum Gasteiger partial charge on any atom is 0.258 e. The molecule has 0 spiro atoms. The van der Waals surface area contributed by atoms with Gasteiger partial charge in [0.1, 0.15) is 5.75 Å². The van der Waals surface area contributed by atoms with Crippen molar-refractivity contribution in [2.75, 3.05) is 6.61 Å². The zero-order chi connectivity index (χ0) is 19.3. The molecule has 7 heteroatoms. The summed E-state index contributed by atoms with van der Waals surface area (Å²) in [7, 11) is -3.78. The molecule has 3 N–H and O–H groups in total. The molecule has 1 atom stereocenters. The fourth-order valence-corrected chi connectivity index (χ4v) is 3.01. The minimum absolute atomic E-state index is 0.0119. The lowest BCUT2D eigenvalue weighted by Gasteiger charge is -2.16. The molecule has 1 amide bonds. The number of hydrogen-bond acceptors (Lipinski definition) is 4. The van der Waals surface area contributed by atoms with Gasteiger partial charge in [-0.25, -0.2) is 13.6 Å². The van der Waals surface area contributed by atoms with Crippen molar-refractivity contribution in [3.05, 3.63) is 59.7 Å². The van der Waals surface area contributed by atoms with Gasteiger partial charge < -0.3 is 10.1 Å². The lowest BCUT2D eigenvalue weighted by molar-refractivity contribution is -0.123. The van der Waals surface area contributed by atoms with Gasteiger partial charge in [0.2, 0.25) is 10.0 Å². The number of nitrogens with one attached hydrogen (secondary N) is 1. The maximum absolute atomic E-state index is 12.1. The summed E-state index contributed by atoms with van der Waals surface area (Å²) in [5.74, 6) is 0.710. The van der Waals surface area contributed by atoms with Crippen LogP contribution in [0, 0.1) is 0 Å². The van der Waals surface area contributed by atoms with Crippen LogP contribution in [0.5, 0.6) is 5.75 Å². The first kappa shape index (κ1) is 19.9. The first-order chi connectivity index (χ1) is 12.2. The van der Waals surface area contributed by atoms with Crippen molar-refractivity contribution in [2.45, 2.75) is 37.6 Å². The van der Waals surface area contributed by atoms with E-state index in [0.717, 1.165) is 5.56 Å². The van der Waals surface area contributed by atoms with E-state index in [9.17, 15) is 13.2 Å². The van der Waals surface area contributed by atoms with Crippen LogP contribution >= 0.6 is 0 Å². The van der Waals surface area contributed by atoms with E-state index in [2.05, 4.69) is 19.2 Å². The fourth-order valence-electron chi connectivity index (χ4n) is 2.44. The van der Waals surface area contributed by atoms with E-state index in [1.807, 2.05) is 18.2 Å². The predicted octanol–water partition coefficient (Wildman–Crippen LogP) is 2.71. The summed E-state index contributed by atoms with van der Waals surface area (Å²) in [6.45, 7) is 5.81.